The van der Waals surface area contributed by atoms with Crippen molar-refractivity contribution in [1.82, 2.24) is 30.3 Å². The SMILES string of the molecule is CN1CCN(c2cc(CNC(=O)NCc3ccccc3Cn3cccn3)ccn2)CC1. The van der Waals surface area contributed by atoms with E-state index in [4.69, 9.17) is 0 Å². The molecule has 1 fully saturated rings. The van der Waals surface area contributed by atoms with E-state index < -0.39 is 0 Å². The fourth-order valence-electron chi connectivity index (χ4n) is 3.65. The molecule has 8 nitrogen and oxygen atoms in total. The van der Waals surface area contributed by atoms with Crippen LogP contribution in [0.1, 0.15) is 16.7 Å². The van der Waals surface area contributed by atoms with E-state index in [0.717, 1.165) is 48.7 Å². The molecule has 8 heteroatoms. The highest BCUT2D eigenvalue weighted by Crippen LogP contribution is 2.15. The summed E-state index contributed by atoms with van der Waals surface area (Å²) in [6.07, 6.45) is 5.51. The highest BCUT2D eigenvalue weighted by molar-refractivity contribution is 5.73. The number of carbonyl (C=O) groups excluding carboxylic acids is 1. The van der Waals surface area contributed by atoms with E-state index >= 15 is 0 Å². The summed E-state index contributed by atoms with van der Waals surface area (Å²) in [5, 5.41) is 10.2. The topological polar surface area (TPSA) is 78.3 Å². The van der Waals surface area contributed by atoms with Crippen molar-refractivity contribution in [2.24, 2.45) is 0 Å². The predicted octanol–water partition coefficient (Wildman–Crippen LogP) is 2.08. The summed E-state index contributed by atoms with van der Waals surface area (Å²) in [5.41, 5.74) is 3.25. The highest BCUT2D eigenvalue weighted by atomic mass is 16.2. The number of nitrogens with one attached hydrogen (secondary N) is 2. The van der Waals surface area contributed by atoms with Crippen molar-refractivity contribution in [3.8, 4) is 0 Å². The standard InChI is InChI=1S/C23H29N7O/c1-28-11-13-29(14-12-28)22-15-19(7-9-24-22)16-25-23(31)26-17-20-5-2-3-6-21(20)18-30-10-4-8-27-30/h2-10,15H,11-14,16-18H2,1H3,(H2,25,26,31). The van der Waals surface area contributed by atoms with Crippen LogP contribution in [0.15, 0.2) is 61.1 Å². The van der Waals surface area contributed by atoms with Crippen molar-refractivity contribution in [3.05, 3.63) is 77.7 Å². The summed E-state index contributed by atoms with van der Waals surface area (Å²) in [5.74, 6) is 0.973. The number of amides is 2. The Bertz CT molecular complexity index is 981. The number of hydrogen-bond acceptors (Lipinski definition) is 5. The van der Waals surface area contributed by atoms with Gasteiger partial charge in [0.05, 0.1) is 6.54 Å². The molecule has 162 valence electrons. The van der Waals surface area contributed by atoms with Crippen molar-refractivity contribution < 1.29 is 4.79 Å². The van der Waals surface area contributed by atoms with Crippen LogP contribution in [0.5, 0.6) is 0 Å². The Hall–Kier alpha value is -3.39. The van der Waals surface area contributed by atoms with Gasteiger partial charge in [0.15, 0.2) is 0 Å². The van der Waals surface area contributed by atoms with Gasteiger partial charge in [-0.1, -0.05) is 24.3 Å². The van der Waals surface area contributed by atoms with Gasteiger partial charge < -0.3 is 20.4 Å². The third-order valence-corrected chi connectivity index (χ3v) is 5.54. The zero-order valence-electron chi connectivity index (χ0n) is 17.9. The fraction of sp³-hybridized carbons (Fsp3) is 0.348. The van der Waals surface area contributed by atoms with Gasteiger partial charge in [-0.05, 0) is 41.9 Å². The third-order valence-electron chi connectivity index (χ3n) is 5.54. The maximum atomic E-state index is 12.4. The minimum Gasteiger partial charge on any atom is -0.354 e. The molecular formula is C23H29N7O. The summed E-state index contributed by atoms with van der Waals surface area (Å²) in [4.78, 5) is 21.5. The van der Waals surface area contributed by atoms with Gasteiger partial charge in [-0.15, -0.1) is 0 Å². The van der Waals surface area contributed by atoms with Crippen molar-refractivity contribution in [1.29, 1.82) is 0 Å². The van der Waals surface area contributed by atoms with Crippen LogP contribution in [-0.2, 0) is 19.6 Å². The third kappa shape index (κ3) is 5.82. The van der Waals surface area contributed by atoms with E-state index in [9.17, 15) is 4.79 Å². The van der Waals surface area contributed by atoms with Gasteiger partial charge in [0.1, 0.15) is 5.82 Å². The quantitative estimate of drug-likeness (QED) is 0.613. The Labute approximate surface area is 182 Å². The first-order valence-electron chi connectivity index (χ1n) is 10.6. The van der Waals surface area contributed by atoms with E-state index in [2.05, 4.69) is 49.7 Å². The lowest BCUT2D eigenvalue weighted by Gasteiger charge is -2.33. The molecule has 1 aromatic carbocycles. The number of likely N-dealkylation sites (N-methyl/N-ethyl adjacent to an activating group) is 1. The van der Waals surface area contributed by atoms with Gasteiger partial charge in [-0.25, -0.2) is 9.78 Å². The second-order valence-corrected chi connectivity index (χ2v) is 7.82. The number of benzene rings is 1. The van der Waals surface area contributed by atoms with E-state index in [1.165, 1.54) is 0 Å². The van der Waals surface area contributed by atoms with Crippen LogP contribution in [0.4, 0.5) is 10.6 Å². The zero-order chi connectivity index (χ0) is 21.5. The van der Waals surface area contributed by atoms with Crippen molar-refractivity contribution in [2.75, 3.05) is 38.1 Å². The van der Waals surface area contributed by atoms with Crippen LogP contribution in [-0.4, -0.2) is 58.9 Å². The van der Waals surface area contributed by atoms with Gasteiger partial charge in [-0.2, -0.15) is 5.10 Å². The normalized spacial score (nSPS) is 14.4. The number of rotatable bonds is 7. The molecule has 0 bridgehead atoms. The molecular weight excluding hydrogens is 390 g/mol. The average Bonchev–Trinajstić information content (AvgIpc) is 3.31. The molecule has 1 saturated heterocycles. The molecule has 3 aromatic rings. The van der Waals surface area contributed by atoms with Crippen LogP contribution in [0.25, 0.3) is 0 Å². The molecule has 2 N–H and O–H groups in total. The molecule has 2 amide bonds. The molecule has 1 aliphatic rings. The number of anilines is 1. The molecule has 31 heavy (non-hydrogen) atoms. The van der Waals surface area contributed by atoms with Crippen LogP contribution in [0.3, 0.4) is 0 Å². The summed E-state index contributed by atoms with van der Waals surface area (Å²) >= 11 is 0. The van der Waals surface area contributed by atoms with Crippen molar-refractivity contribution in [2.45, 2.75) is 19.6 Å². The first-order valence-corrected chi connectivity index (χ1v) is 10.6. The summed E-state index contributed by atoms with van der Waals surface area (Å²) in [6, 6.07) is 13.8. The zero-order valence-corrected chi connectivity index (χ0v) is 17.9. The molecule has 0 saturated carbocycles. The van der Waals surface area contributed by atoms with Gasteiger partial charge in [0.25, 0.3) is 0 Å². The van der Waals surface area contributed by atoms with E-state index in [0.29, 0.717) is 19.6 Å². The molecule has 0 atom stereocenters. The minimum atomic E-state index is -0.188. The van der Waals surface area contributed by atoms with Crippen LogP contribution in [0, 0.1) is 0 Å². The van der Waals surface area contributed by atoms with Gasteiger partial charge >= 0.3 is 6.03 Å². The van der Waals surface area contributed by atoms with Gasteiger partial charge in [0, 0.05) is 57.9 Å². The number of aromatic nitrogens is 3. The summed E-state index contributed by atoms with van der Waals surface area (Å²) in [6.45, 7) is 5.62. The second kappa shape index (κ2) is 10.1. The lowest BCUT2D eigenvalue weighted by molar-refractivity contribution is 0.240. The number of nitrogens with zero attached hydrogens (tertiary/aromatic N) is 5. The molecule has 2 aromatic heterocycles. The number of carbonyl (C=O) groups is 1. The van der Waals surface area contributed by atoms with Crippen LogP contribution in [0.2, 0.25) is 0 Å². The Morgan fingerprint density at radius 3 is 2.52 bits per heavy atom. The minimum absolute atomic E-state index is 0.188. The Morgan fingerprint density at radius 1 is 0.968 bits per heavy atom. The number of piperazine rings is 1. The highest BCUT2D eigenvalue weighted by Gasteiger charge is 2.15. The Kier molecular flexibility index (Phi) is 6.78. The Balaban J connectivity index is 1.28. The number of urea groups is 1. The summed E-state index contributed by atoms with van der Waals surface area (Å²) < 4.78 is 1.88. The number of hydrogen-bond donors (Lipinski definition) is 2. The van der Waals surface area contributed by atoms with Crippen LogP contribution >= 0.6 is 0 Å². The lowest BCUT2D eigenvalue weighted by atomic mass is 10.1. The maximum Gasteiger partial charge on any atom is 0.315 e. The molecule has 0 radical (unpaired) electrons. The van der Waals surface area contributed by atoms with E-state index in [1.807, 2.05) is 47.4 Å². The second-order valence-electron chi connectivity index (χ2n) is 7.82. The molecule has 0 spiro atoms. The molecule has 0 unspecified atom stereocenters. The summed E-state index contributed by atoms with van der Waals surface area (Å²) in [7, 11) is 2.14. The average molecular weight is 420 g/mol. The molecule has 0 aliphatic carbocycles. The molecule has 4 rings (SSSR count). The van der Waals surface area contributed by atoms with Gasteiger partial charge in [-0.3, -0.25) is 4.68 Å². The first kappa shape index (κ1) is 20.9. The molecule has 1 aliphatic heterocycles. The monoisotopic (exact) mass is 419 g/mol. The van der Waals surface area contributed by atoms with E-state index in [1.54, 1.807) is 6.20 Å². The first-order chi connectivity index (χ1) is 15.2. The fourth-order valence-corrected chi connectivity index (χ4v) is 3.65. The van der Waals surface area contributed by atoms with Gasteiger partial charge in [0.2, 0.25) is 0 Å². The van der Waals surface area contributed by atoms with E-state index in [-0.39, 0.29) is 6.03 Å². The Morgan fingerprint density at radius 2 is 1.74 bits per heavy atom. The maximum absolute atomic E-state index is 12.4. The van der Waals surface area contributed by atoms with Crippen molar-refractivity contribution >= 4 is 11.8 Å². The number of pyridine rings is 1. The smallest absolute Gasteiger partial charge is 0.315 e. The predicted molar refractivity (Wildman–Crippen MR) is 121 cm³/mol. The molecule has 3 heterocycles. The van der Waals surface area contributed by atoms with Crippen LogP contribution < -0.4 is 15.5 Å². The van der Waals surface area contributed by atoms with Crippen molar-refractivity contribution in [3.63, 3.8) is 0 Å². The lowest BCUT2D eigenvalue weighted by Crippen LogP contribution is -2.44. The largest absolute Gasteiger partial charge is 0.354 e.